The standard InChI is InChI=1S/C30H19ClN2/c31-20-17-18-28-24(19-20)23-11-3-6-14-27(23)33(28)30-16-8-7-15-29(30)32-25-12-4-1-9-21(25)22-10-2-5-13-26(22)32/h1-19H. The Bertz CT molecular complexity index is 1780. The maximum Gasteiger partial charge on any atom is 0.0702 e. The number of rotatable bonds is 2. The van der Waals surface area contributed by atoms with Gasteiger partial charge in [-0.1, -0.05) is 78.3 Å². The molecule has 0 N–H and O–H groups in total. The summed E-state index contributed by atoms with van der Waals surface area (Å²) in [6.07, 6.45) is 0. The van der Waals surface area contributed by atoms with Gasteiger partial charge in [-0.2, -0.15) is 0 Å². The Balaban J connectivity index is 1.65. The molecule has 2 heterocycles. The van der Waals surface area contributed by atoms with E-state index < -0.39 is 0 Å². The first-order valence-corrected chi connectivity index (χ1v) is 11.5. The third-order valence-corrected chi connectivity index (χ3v) is 6.81. The third kappa shape index (κ3) is 2.62. The second-order valence-corrected chi connectivity index (χ2v) is 8.81. The van der Waals surface area contributed by atoms with E-state index in [0.29, 0.717) is 0 Å². The Morgan fingerprint density at radius 3 is 1.30 bits per heavy atom. The quantitative estimate of drug-likeness (QED) is 0.254. The topological polar surface area (TPSA) is 9.86 Å². The Morgan fingerprint density at radius 2 is 0.788 bits per heavy atom. The second-order valence-electron chi connectivity index (χ2n) is 8.37. The van der Waals surface area contributed by atoms with Gasteiger partial charge in [0, 0.05) is 26.6 Å². The predicted octanol–water partition coefficient (Wildman–Crippen LogP) is 8.53. The Morgan fingerprint density at radius 1 is 0.394 bits per heavy atom. The van der Waals surface area contributed by atoms with Crippen molar-refractivity contribution in [1.29, 1.82) is 0 Å². The van der Waals surface area contributed by atoms with Gasteiger partial charge in [0.15, 0.2) is 0 Å². The minimum Gasteiger partial charge on any atom is -0.307 e. The molecular formula is C30H19ClN2. The summed E-state index contributed by atoms with van der Waals surface area (Å²) in [6.45, 7) is 0. The Hall–Kier alpha value is -4.01. The predicted molar refractivity (Wildman–Crippen MR) is 140 cm³/mol. The number of halogens is 1. The zero-order valence-electron chi connectivity index (χ0n) is 17.7. The van der Waals surface area contributed by atoms with E-state index in [1.807, 2.05) is 6.07 Å². The van der Waals surface area contributed by atoms with Crippen LogP contribution in [0.15, 0.2) is 115 Å². The van der Waals surface area contributed by atoms with Crippen molar-refractivity contribution in [3.8, 4) is 11.4 Å². The van der Waals surface area contributed by atoms with Crippen molar-refractivity contribution in [3.05, 3.63) is 120 Å². The van der Waals surface area contributed by atoms with Gasteiger partial charge in [-0.3, -0.25) is 0 Å². The van der Waals surface area contributed by atoms with Gasteiger partial charge in [0.2, 0.25) is 0 Å². The Labute approximate surface area is 195 Å². The molecule has 0 amide bonds. The first-order chi connectivity index (χ1) is 16.3. The molecular weight excluding hydrogens is 424 g/mol. The highest BCUT2D eigenvalue weighted by atomic mass is 35.5. The van der Waals surface area contributed by atoms with E-state index in [0.717, 1.165) is 27.3 Å². The van der Waals surface area contributed by atoms with E-state index in [1.54, 1.807) is 0 Å². The average molecular weight is 443 g/mol. The number of benzene rings is 5. The van der Waals surface area contributed by atoms with Crippen molar-refractivity contribution in [3.63, 3.8) is 0 Å². The summed E-state index contributed by atoms with van der Waals surface area (Å²) in [4.78, 5) is 0. The van der Waals surface area contributed by atoms with Crippen molar-refractivity contribution >= 4 is 55.2 Å². The minimum absolute atomic E-state index is 0.751. The summed E-state index contributed by atoms with van der Waals surface area (Å²) in [5.74, 6) is 0. The summed E-state index contributed by atoms with van der Waals surface area (Å²) in [5.41, 5.74) is 7.01. The normalized spacial score (nSPS) is 11.8. The lowest BCUT2D eigenvalue weighted by molar-refractivity contribution is 1.10. The molecule has 0 atom stereocenters. The van der Waals surface area contributed by atoms with Crippen LogP contribution in [0.3, 0.4) is 0 Å². The molecule has 0 radical (unpaired) electrons. The highest BCUT2D eigenvalue weighted by Gasteiger charge is 2.18. The fourth-order valence-corrected chi connectivity index (χ4v) is 5.40. The zero-order valence-corrected chi connectivity index (χ0v) is 18.5. The monoisotopic (exact) mass is 442 g/mol. The molecule has 0 unspecified atom stereocenters. The number of aromatic nitrogens is 2. The van der Waals surface area contributed by atoms with E-state index in [4.69, 9.17) is 11.6 Å². The van der Waals surface area contributed by atoms with Crippen molar-refractivity contribution in [2.45, 2.75) is 0 Å². The van der Waals surface area contributed by atoms with E-state index in [2.05, 4.69) is 118 Å². The maximum absolute atomic E-state index is 6.40. The molecule has 0 aliphatic carbocycles. The lowest BCUT2D eigenvalue weighted by Gasteiger charge is -2.16. The molecule has 3 heteroatoms. The molecule has 0 aliphatic heterocycles. The van der Waals surface area contributed by atoms with Crippen LogP contribution in [-0.4, -0.2) is 9.13 Å². The second kappa shape index (κ2) is 6.99. The summed E-state index contributed by atoms with van der Waals surface area (Å²) in [7, 11) is 0. The lowest BCUT2D eigenvalue weighted by atomic mass is 10.2. The van der Waals surface area contributed by atoms with E-state index in [1.165, 1.54) is 32.7 Å². The molecule has 2 nitrogen and oxygen atoms in total. The molecule has 33 heavy (non-hydrogen) atoms. The van der Waals surface area contributed by atoms with E-state index in [9.17, 15) is 0 Å². The van der Waals surface area contributed by atoms with Gasteiger partial charge in [0.1, 0.15) is 0 Å². The first kappa shape index (κ1) is 18.6. The highest BCUT2D eigenvalue weighted by molar-refractivity contribution is 6.32. The molecule has 7 rings (SSSR count). The number of nitrogens with zero attached hydrogens (tertiary/aromatic N) is 2. The smallest absolute Gasteiger partial charge is 0.0702 e. The van der Waals surface area contributed by atoms with Gasteiger partial charge < -0.3 is 9.13 Å². The number of para-hydroxylation sites is 5. The highest BCUT2D eigenvalue weighted by Crippen LogP contribution is 2.38. The number of fused-ring (bicyclic) bond motifs is 6. The van der Waals surface area contributed by atoms with Crippen LogP contribution in [0, 0.1) is 0 Å². The minimum atomic E-state index is 0.751. The molecule has 0 saturated heterocycles. The molecule has 0 bridgehead atoms. The van der Waals surface area contributed by atoms with E-state index >= 15 is 0 Å². The molecule has 0 spiro atoms. The van der Waals surface area contributed by atoms with Crippen LogP contribution in [0.25, 0.3) is 55.0 Å². The van der Waals surface area contributed by atoms with Gasteiger partial charge in [-0.25, -0.2) is 0 Å². The van der Waals surface area contributed by atoms with Gasteiger partial charge in [-0.05, 0) is 48.5 Å². The van der Waals surface area contributed by atoms with Crippen molar-refractivity contribution < 1.29 is 0 Å². The zero-order chi connectivity index (χ0) is 21.9. The summed E-state index contributed by atoms with van der Waals surface area (Å²) in [6, 6.07) is 40.7. The molecule has 2 aromatic heterocycles. The van der Waals surface area contributed by atoms with Crippen LogP contribution in [-0.2, 0) is 0 Å². The summed E-state index contributed by atoms with van der Waals surface area (Å²) < 4.78 is 4.75. The van der Waals surface area contributed by atoms with Gasteiger partial charge in [0.05, 0.1) is 33.4 Å². The van der Waals surface area contributed by atoms with Crippen LogP contribution < -0.4 is 0 Å². The molecule has 5 aromatic carbocycles. The molecule has 156 valence electrons. The van der Waals surface area contributed by atoms with Crippen LogP contribution in [0.2, 0.25) is 5.02 Å². The largest absolute Gasteiger partial charge is 0.307 e. The van der Waals surface area contributed by atoms with Crippen LogP contribution in [0.1, 0.15) is 0 Å². The van der Waals surface area contributed by atoms with Gasteiger partial charge in [-0.15, -0.1) is 0 Å². The van der Waals surface area contributed by atoms with Crippen molar-refractivity contribution in [2.75, 3.05) is 0 Å². The SMILES string of the molecule is Clc1ccc2c(c1)c1ccccc1n2-c1ccccc1-n1c2ccccc2c2ccccc21. The summed E-state index contributed by atoms with van der Waals surface area (Å²) >= 11 is 6.40. The van der Waals surface area contributed by atoms with Crippen molar-refractivity contribution in [2.24, 2.45) is 0 Å². The van der Waals surface area contributed by atoms with Gasteiger partial charge in [0.25, 0.3) is 0 Å². The number of hydrogen-bond donors (Lipinski definition) is 0. The average Bonchev–Trinajstić information content (AvgIpc) is 3.37. The summed E-state index contributed by atoms with van der Waals surface area (Å²) in [5, 5.41) is 5.64. The number of hydrogen-bond acceptors (Lipinski definition) is 0. The third-order valence-electron chi connectivity index (χ3n) is 6.58. The first-order valence-electron chi connectivity index (χ1n) is 11.1. The van der Waals surface area contributed by atoms with Gasteiger partial charge >= 0.3 is 0 Å². The molecule has 0 fully saturated rings. The van der Waals surface area contributed by atoms with Crippen LogP contribution >= 0.6 is 11.6 Å². The van der Waals surface area contributed by atoms with Crippen molar-refractivity contribution in [1.82, 2.24) is 9.13 Å². The fraction of sp³-hybridized carbons (Fsp3) is 0. The Kier molecular flexibility index (Phi) is 3.93. The fourth-order valence-electron chi connectivity index (χ4n) is 5.23. The van der Waals surface area contributed by atoms with Crippen LogP contribution in [0.4, 0.5) is 0 Å². The molecule has 0 aliphatic rings. The molecule has 0 saturated carbocycles. The van der Waals surface area contributed by atoms with E-state index in [-0.39, 0.29) is 0 Å². The van der Waals surface area contributed by atoms with Crippen LogP contribution in [0.5, 0.6) is 0 Å². The lowest BCUT2D eigenvalue weighted by Crippen LogP contribution is -2.03. The molecule has 7 aromatic rings. The maximum atomic E-state index is 6.40.